The molecule has 0 radical (unpaired) electrons. The van der Waals surface area contributed by atoms with Gasteiger partial charge in [-0.15, -0.1) is 19.7 Å². The van der Waals surface area contributed by atoms with E-state index < -0.39 is 14.6 Å². The molecule has 0 aromatic heterocycles. The van der Waals surface area contributed by atoms with Gasteiger partial charge in [-0.2, -0.15) is 0 Å². The molecule has 0 unspecified atom stereocenters. The minimum absolute atomic E-state index is 0.334. The number of allylic oxidation sites excluding steroid dienone is 3. The van der Waals surface area contributed by atoms with Crippen molar-refractivity contribution in [1.29, 1.82) is 0 Å². The quantitative estimate of drug-likeness (QED) is 0.674. The summed E-state index contributed by atoms with van der Waals surface area (Å²) >= 11 is 0. The first-order valence-electron chi connectivity index (χ1n) is 6.16. The number of sulfone groups is 1. The average Bonchev–Trinajstić information content (AvgIpc) is 2.40. The molecule has 0 atom stereocenters. The Morgan fingerprint density at radius 1 is 0.895 bits per heavy atom. The Kier molecular flexibility index (Phi) is 5.31. The molecular weight excluding hydrogens is 256 g/mol. The highest BCUT2D eigenvalue weighted by Gasteiger charge is 2.41. The second-order valence-corrected chi connectivity index (χ2v) is 6.82. The maximum atomic E-state index is 12.9. The molecule has 0 aliphatic carbocycles. The highest BCUT2D eigenvalue weighted by atomic mass is 32.2. The van der Waals surface area contributed by atoms with Crippen molar-refractivity contribution in [3.05, 3.63) is 68.3 Å². The van der Waals surface area contributed by atoms with E-state index in [0.717, 1.165) is 0 Å². The molecule has 0 saturated heterocycles. The number of hydrogen-bond acceptors (Lipinski definition) is 2. The standard InChI is InChI=1S/C16H20O2S/c1-4-12-16(13-5-2,14-6-3)19(17,18)15-10-8-7-9-11-15/h4-11H,1-3,12-14H2. The Labute approximate surface area is 116 Å². The molecule has 19 heavy (non-hydrogen) atoms. The summed E-state index contributed by atoms with van der Waals surface area (Å²) in [4.78, 5) is 0.334. The molecule has 0 spiro atoms. The van der Waals surface area contributed by atoms with Gasteiger partial charge in [0, 0.05) is 0 Å². The first-order valence-corrected chi connectivity index (χ1v) is 7.65. The van der Waals surface area contributed by atoms with Crippen LogP contribution in [0.1, 0.15) is 19.3 Å². The van der Waals surface area contributed by atoms with Crippen LogP contribution in [-0.4, -0.2) is 13.2 Å². The number of rotatable bonds is 8. The lowest BCUT2D eigenvalue weighted by molar-refractivity contribution is 0.510. The molecule has 0 fully saturated rings. The van der Waals surface area contributed by atoms with Gasteiger partial charge in [0.25, 0.3) is 0 Å². The molecule has 3 heteroatoms. The fourth-order valence-corrected chi connectivity index (χ4v) is 4.25. The van der Waals surface area contributed by atoms with E-state index in [1.807, 2.05) is 0 Å². The third-order valence-corrected chi connectivity index (χ3v) is 5.71. The van der Waals surface area contributed by atoms with Gasteiger partial charge in [0.1, 0.15) is 0 Å². The maximum Gasteiger partial charge on any atom is 0.184 e. The molecule has 0 heterocycles. The van der Waals surface area contributed by atoms with E-state index in [1.165, 1.54) is 0 Å². The van der Waals surface area contributed by atoms with Crippen molar-refractivity contribution in [2.24, 2.45) is 0 Å². The summed E-state index contributed by atoms with van der Waals surface area (Å²) in [6.07, 6.45) is 6.07. The average molecular weight is 276 g/mol. The van der Waals surface area contributed by atoms with Crippen molar-refractivity contribution >= 4 is 9.84 Å². The molecule has 1 aromatic rings. The highest BCUT2D eigenvalue weighted by molar-refractivity contribution is 7.92. The van der Waals surface area contributed by atoms with Gasteiger partial charge >= 0.3 is 0 Å². The Morgan fingerprint density at radius 2 is 1.32 bits per heavy atom. The van der Waals surface area contributed by atoms with Crippen LogP contribution >= 0.6 is 0 Å². The van der Waals surface area contributed by atoms with Crippen molar-refractivity contribution in [2.75, 3.05) is 0 Å². The zero-order valence-electron chi connectivity index (χ0n) is 11.1. The molecule has 0 amide bonds. The Bertz CT molecular complexity index is 515. The van der Waals surface area contributed by atoms with Gasteiger partial charge in [-0.1, -0.05) is 36.4 Å². The van der Waals surface area contributed by atoms with E-state index in [2.05, 4.69) is 19.7 Å². The fraction of sp³-hybridized carbons (Fsp3) is 0.250. The first-order chi connectivity index (χ1) is 9.04. The summed E-state index contributed by atoms with van der Waals surface area (Å²) in [7, 11) is -3.46. The summed E-state index contributed by atoms with van der Waals surface area (Å²) in [6.45, 7) is 11.1. The second-order valence-electron chi connectivity index (χ2n) is 4.48. The predicted octanol–water partition coefficient (Wildman–Crippen LogP) is 3.93. The van der Waals surface area contributed by atoms with Crippen LogP contribution < -0.4 is 0 Å². The largest absolute Gasteiger partial charge is 0.223 e. The molecule has 0 N–H and O–H groups in total. The van der Waals surface area contributed by atoms with Gasteiger partial charge in [-0.05, 0) is 31.4 Å². The monoisotopic (exact) mass is 276 g/mol. The molecule has 2 nitrogen and oxygen atoms in total. The SMILES string of the molecule is C=CCC(CC=C)(CC=C)S(=O)(=O)c1ccccc1. The van der Waals surface area contributed by atoms with Gasteiger partial charge in [0.05, 0.1) is 9.64 Å². The second kappa shape index (κ2) is 6.53. The van der Waals surface area contributed by atoms with Crippen molar-refractivity contribution in [2.45, 2.75) is 28.9 Å². The predicted molar refractivity (Wildman–Crippen MR) is 80.8 cm³/mol. The summed E-state index contributed by atoms with van der Waals surface area (Å²) < 4.78 is 24.8. The topological polar surface area (TPSA) is 34.1 Å². The molecule has 0 aliphatic rings. The van der Waals surface area contributed by atoms with Crippen LogP contribution in [0, 0.1) is 0 Å². The lowest BCUT2D eigenvalue weighted by Gasteiger charge is -2.30. The maximum absolute atomic E-state index is 12.9. The van der Waals surface area contributed by atoms with Crippen LogP contribution in [0.5, 0.6) is 0 Å². The van der Waals surface area contributed by atoms with Crippen LogP contribution in [0.15, 0.2) is 73.2 Å². The normalized spacial score (nSPS) is 11.8. The Morgan fingerprint density at radius 3 is 1.68 bits per heavy atom. The molecule has 1 rings (SSSR count). The van der Waals surface area contributed by atoms with Gasteiger partial charge < -0.3 is 0 Å². The molecule has 0 bridgehead atoms. The molecule has 1 aromatic carbocycles. The van der Waals surface area contributed by atoms with Gasteiger partial charge in [-0.25, -0.2) is 8.42 Å². The first kappa shape index (κ1) is 15.4. The van der Waals surface area contributed by atoms with Gasteiger partial charge in [-0.3, -0.25) is 0 Å². The van der Waals surface area contributed by atoms with E-state index >= 15 is 0 Å². The summed E-state index contributed by atoms with van der Waals surface area (Å²) in [6, 6.07) is 8.51. The Balaban J connectivity index is 3.41. The number of benzene rings is 1. The summed E-state index contributed by atoms with van der Waals surface area (Å²) in [5, 5.41) is 0. The third-order valence-electron chi connectivity index (χ3n) is 3.17. The van der Waals surface area contributed by atoms with Crippen LogP contribution in [-0.2, 0) is 9.84 Å². The minimum Gasteiger partial charge on any atom is -0.223 e. The van der Waals surface area contributed by atoms with E-state index in [9.17, 15) is 8.42 Å². The van der Waals surface area contributed by atoms with Crippen LogP contribution in [0.4, 0.5) is 0 Å². The number of hydrogen-bond donors (Lipinski definition) is 0. The van der Waals surface area contributed by atoms with Crippen LogP contribution in [0.3, 0.4) is 0 Å². The zero-order chi connectivity index (χ0) is 14.4. The van der Waals surface area contributed by atoms with E-state index in [-0.39, 0.29) is 0 Å². The summed E-state index contributed by atoms with van der Waals surface area (Å²) in [5.74, 6) is 0. The molecular formula is C16H20O2S. The van der Waals surface area contributed by atoms with Crippen LogP contribution in [0.25, 0.3) is 0 Å². The fourth-order valence-electron chi connectivity index (χ4n) is 2.22. The molecule has 102 valence electrons. The highest BCUT2D eigenvalue weighted by Crippen LogP contribution is 2.36. The third kappa shape index (κ3) is 3.04. The smallest absolute Gasteiger partial charge is 0.184 e. The molecule has 0 saturated carbocycles. The van der Waals surface area contributed by atoms with Gasteiger partial charge in [0.15, 0.2) is 9.84 Å². The van der Waals surface area contributed by atoms with Crippen molar-refractivity contribution in [3.63, 3.8) is 0 Å². The van der Waals surface area contributed by atoms with E-state index in [1.54, 1.807) is 48.6 Å². The molecule has 0 aliphatic heterocycles. The van der Waals surface area contributed by atoms with Crippen molar-refractivity contribution in [3.8, 4) is 0 Å². The van der Waals surface area contributed by atoms with Crippen molar-refractivity contribution in [1.82, 2.24) is 0 Å². The lowest BCUT2D eigenvalue weighted by atomic mass is 9.96. The van der Waals surface area contributed by atoms with E-state index in [0.29, 0.717) is 24.2 Å². The minimum atomic E-state index is -3.46. The van der Waals surface area contributed by atoms with E-state index in [4.69, 9.17) is 0 Å². The Hall–Kier alpha value is -1.61. The summed E-state index contributed by atoms with van der Waals surface area (Å²) in [5.41, 5.74) is 0. The van der Waals surface area contributed by atoms with Crippen molar-refractivity contribution < 1.29 is 8.42 Å². The van der Waals surface area contributed by atoms with Crippen LogP contribution in [0.2, 0.25) is 0 Å². The zero-order valence-corrected chi connectivity index (χ0v) is 11.9. The van der Waals surface area contributed by atoms with Gasteiger partial charge in [0.2, 0.25) is 0 Å². The lowest BCUT2D eigenvalue weighted by Crippen LogP contribution is -2.37.